The molecule has 0 saturated carbocycles. The van der Waals surface area contributed by atoms with E-state index in [-0.39, 0.29) is 29.7 Å². The Bertz CT molecular complexity index is 969. The zero-order valence-corrected chi connectivity index (χ0v) is 24.3. The molecule has 1 aromatic rings. The number of ether oxygens (including phenoxy) is 1. The molecule has 0 aliphatic carbocycles. The van der Waals surface area contributed by atoms with Crippen molar-refractivity contribution in [1.29, 1.82) is 0 Å². The number of hydrogen-bond acceptors (Lipinski definition) is 6. The van der Waals surface area contributed by atoms with Crippen molar-refractivity contribution in [3.05, 3.63) is 28.8 Å². The fourth-order valence-corrected chi connectivity index (χ4v) is 6.61. The van der Waals surface area contributed by atoms with Crippen molar-refractivity contribution >= 4 is 17.5 Å². The third-order valence-electron chi connectivity index (χ3n) is 8.96. The Hall–Kier alpha value is -2.16. The lowest BCUT2D eigenvalue weighted by molar-refractivity contribution is -0.129. The lowest BCUT2D eigenvalue weighted by atomic mass is 9.84. The molecule has 8 nitrogen and oxygen atoms in total. The second-order valence-electron chi connectivity index (χ2n) is 12.2. The number of likely N-dealkylation sites (N-methyl/N-ethyl adjacent to an activating group) is 1. The van der Waals surface area contributed by atoms with Crippen LogP contribution in [0.5, 0.6) is 0 Å². The Morgan fingerprint density at radius 2 is 1.84 bits per heavy atom. The number of nitrogens with zero attached hydrogens (tertiary/aromatic N) is 2. The third-order valence-corrected chi connectivity index (χ3v) is 8.96. The molecule has 3 aliphatic rings. The monoisotopic (exact) mass is 527 g/mol. The van der Waals surface area contributed by atoms with Crippen molar-refractivity contribution < 1.29 is 14.3 Å². The van der Waals surface area contributed by atoms with Crippen LogP contribution in [-0.2, 0) is 9.53 Å². The topological polar surface area (TPSA) is 85.9 Å². The van der Waals surface area contributed by atoms with Crippen molar-refractivity contribution in [3.8, 4) is 0 Å². The summed E-state index contributed by atoms with van der Waals surface area (Å²) in [5, 5.41) is 9.91. The van der Waals surface area contributed by atoms with E-state index < -0.39 is 0 Å². The van der Waals surface area contributed by atoms with Crippen molar-refractivity contribution in [3.63, 3.8) is 0 Å². The highest BCUT2D eigenvalue weighted by molar-refractivity contribution is 5.97. The summed E-state index contributed by atoms with van der Waals surface area (Å²) in [6.07, 6.45) is 5.15. The largest absolute Gasteiger partial charge is 0.381 e. The van der Waals surface area contributed by atoms with E-state index in [2.05, 4.69) is 72.9 Å². The molecule has 2 amide bonds. The summed E-state index contributed by atoms with van der Waals surface area (Å²) in [5.74, 6) is 0.374. The molecule has 3 N–H and O–H groups in total. The van der Waals surface area contributed by atoms with Crippen LogP contribution in [0.4, 0.5) is 5.69 Å². The standard InChI is InChI=1S/C30H49N5O3/c1-19-13-20(2)33-30(37)27(19)17-32-29(36)26-14-23(22-7-8-24(31-16-22)18-34(4)5)15-28(21(26)3)35(6)25-9-11-38-12-10-25/h14-15,19-20,22,24-25,27,31H,7-13,16-18H2,1-6H3,(H,32,36)(H,33,37). The van der Waals surface area contributed by atoms with Crippen molar-refractivity contribution in [1.82, 2.24) is 20.9 Å². The van der Waals surface area contributed by atoms with Gasteiger partial charge in [0.25, 0.3) is 5.91 Å². The Morgan fingerprint density at radius 3 is 2.47 bits per heavy atom. The van der Waals surface area contributed by atoms with Crippen LogP contribution in [0, 0.1) is 18.8 Å². The fourth-order valence-electron chi connectivity index (χ4n) is 6.61. The van der Waals surface area contributed by atoms with Gasteiger partial charge in [0.05, 0.1) is 5.92 Å². The molecule has 5 atom stereocenters. The molecule has 0 aromatic heterocycles. The summed E-state index contributed by atoms with van der Waals surface area (Å²) in [5.41, 5.74) is 4.09. The summed E-state index contributed by atoms with van der Waals surface area (Å²) in [7, 11) is 6.40. The van der Waals surface area contributed by atoms with Gasteiger partial charge in [0.1, 0.15) is 0 Å². The zero-order chi connectivity index (χ0) is 27.4. The molecule has 3 saturated heterocycles. The van der Waals surface area contributed by atoms with Crippen LogP contribution in [0.1, 0.15) is 73.4 Å². The molecule has 1 aromatic carbocycles. The van der Waals surface area contributed by atoms with Gasteiger partial charge in [-0.1, -0.05) is 6.92 Å². The Morgan fingerprint density at radius 1 is 1.11 bits per heavy atom. The average molecular weight is 528 g/mol. The van der Waals surface area contributed by atoms with E-state index in [1.807, 2.05) is 6.92 Å². The van der Waals surface area contributed by atoms with Gasteiger partial charge in [-0.2, -0.15) is 0 Å². The molecule has 0 bridgehead atoms. The quantitative estimate of drug-likeness (QED) is 0.482. The molecule has 3 heterocycles. The second kappa shape index (κ2) is 12.8. The van der Waals surface area contributed by atoms with E-state index in [0.717, 1.165) is 75.2 Å². The van der Waals surface area contributed by atoms with Crippen LogP contribution in [0.3, 0.4) is 0 Å². The van der Waals surface area contributed by atoms with Gasteiger partial charge in [-0.3, -0.25) is 9.59 Å². The molecule has 8 heteroatoms. The van der Waals surface area contributed by atoms with Gasteiger partial charge < -0.3 is 30.5 Å². The Balaban J connectivity index is 1.56. The normalized spacial score (nSPS) is 28.7. The van der Waals surface area contributed by atoms with Gasteiger partial charge in [-0.25, -0.2) is 0 Å². The van der Waals surface area contributed by atoms with E-state index in [1.165, 1.54) is 5.56 Å². The fraction of sp³-hybridized carbons (Fsp3) is 0.733. The summed E-state index contributed by atoms with van der Waals surface area (Å²) in [6, 6.07) is 5.52. The maximum atomic E-state index is 13.6. The van der Waals surface area contributed by atoms with Crippen molar-refractivity contribution in [2.45, 2.75) is 76.9 Å². The number of piperidine rings is 2. The summed E-state index contributed by atoms with van der Waals surface area (Å²) < 4.78 is 5.61. The summed E-state index contributed by atoms with van der Waals surface area (Å²) in [4.78, 5) is 30.9. The lowest BCUT2D eigenvalue weighted by Gasteiger charge is -2.36. The number of rotatable bonds is 8. The molecule has 38 heavy (non-hydrogen) atoms. The SMILES string of the molecule is Cc1c(C(=O)NCC2C(=O)NC(C)CC2C)cc(C2CCC(CN(C)C)NC2)cc1N(C)C1CCOCC1. The van der Waals surface area contributed by atoms with Gasteiger partial charge >= 0.3 is 0 Å². The molecule has 5 unspecified atom stereocenters. The van der Waals surface area contributed by atoms with Gasteiger partial charge in [-0.05, 0) is 95.1 Å². The molecule has 4 rings (SSSR count). The Labute approximate surface area is 229 Å². The van der Waals surface area contributed by atoms with E-state index in [0.29, 0.717) is 24.5 Å². The number of hydrogen-bond donors (Lipinski definition) is 3. The summed E-state index contributed by atoms with van der Waals surface area (Å²) >= 11 is 0. The Kier molecular flexibility index (Phi) is 9.71. The second-order valence-corrected chi connectivity index (χ2v) is 12.2. The van der Waals surface area contributed by atoms with Crippen LogP contribution in [0.2, 0.25) is 0 Å². The molecule has 0 spiro atoms. The third kappa shape index (κ3) is 6.88. The molecule has 0 radical (unpaired) electrons. The average Bonchev–Trinajstić information content (AvgIpc) is 2.88. The van der Waals surface area contributed by atoms with E-state index in [1.54, 1.807) is 0 Å². The number of anilines is 1. The molecular weight excluding hydrogens is 478 g/mol. The first kappa shape index (κ1) is 28.8. The van der Waals surface area contributed by atoms with Crippen LogP contribution >= 0.6 is 0 Å². The molecule has 3 fully saturated rings. The van der Waals surface area contributed by atoms with Crippen LogP contribution in [0.15, 0.2) is 12.1 Å². The number of benzene rings is 1. The van der Waals surface area contributed by atoms with Crippen LogP contribution in [-0.4, -0.2) is 88.8 Å². The van der Waals surface area contributed by atoms with Crippen LogP contribution < -0.4 is 20.9 Å². The predicted octanol–water partition coefficient (Wildman–Crippen LogP) is 2.90. The highest BCUT2D eigenvalue weighted by Gasteiger charge is 2.33. The predicted molar refractivity (Wildman–Crippen MR) is 153 cm³/mol. The van der Waals surface area contributed by atoms with Gasteiger partial charge in [-0.15, -0.1) is 0 Å². The number of carbonyl (C=O) groups is 2. The molecule has 212 valence electrons. The van der Waals surface area contributed by atoms with E-state index >= 15 is 0 Å². The number of amides is 2. The number of nitrogens with one attached hydrogen (secondary N) is 3. The smallest absolute Gasteiger partial charge is 0.251 e. The zero-order valence-electron chi connectivity index (χ0n) is 24.3. The minimum atomic E-state index is -0.195. The summed E-state index contributed by atoms with van der Waals surface area (Å²) in [6.45, 7) is 10.1. The lowest BCUT2D eigenvalue weighted by Crippen LogP contribution is -2.50. The first-order valence-corrected chi connectivity index (χ1v) is 14.6. The minimum absolute atomic E-state index is 0.0440. The maximum absolute atomic E-state index is 13.6. The highest BCUT2D eigenvalue weighted by atomic mass is 16.5. The first-order valence-electron chi connectivity index (χ1n) is 14.6. The number of carbonyl (C=O) groups excluding carboxylic acids is 2. The van der Waals surface area contributed by atoms with Crippen molar-refractivity contribution in [2.24, 2.45) is 11.8 Å². The first-order chi connectivity index (χ1) is 18.1. The van der Waals surface area contributed by atoms with Crippen molar-refractivity contribution in [2.75, 3.05) is 58.9 Å². The highest BCUT2D eigenvalue weighted by Crippen LogP contribution is 2.34. The molecular formula is C30H49N5O3. The minimum Gasteiger partial charge on any atom is -0.381 e. The van der Waals surface area contributed by atoms with E-state index in [9.17, 15) is 9.59 Å². The van der Waals surface area contributed by atoms with Gasteiger partial charge in [0.2, 0.25) is 5.91 Å². The van der Waals surface area contributed by atoms with Gasteiger partial charge in [0, 0.05) is 69.3 Å². The maximum Gasteiger partial charge on any atom is 0.251 e. The van der Waals surface area contributed by atoms with Crippen LogP contribution in [0.25, 0.3) is 0 Å². The van der Waals surface area contributed by atoms with E-state index in [4.69, 9.17) is 4.74 Å². The molecule has 3 aliphatic heterocycles. The van der Waals surface area contributed by atoms with Gasteiger partial charge in [0.15, 0.2) is 0 Å².